The van der Waals surface area contributed by atoms with Crippen LogP contribution in [0.15, 0.2) is 24.3 Å². The van der Waals surface area contributed by atoms with Crippen LogP contribution in [0.1, 0.15) is 21.8 Å². The van der Waals surface area contributed by atoms with Gasteiger partial charge in [-0.2, -0.15) is 0 Å². The largest absolute Gasteiger partial charge is 0.366 e. The van der Waals surface area contributed by atoms with Gasteiger partial charge in [-0.25, -0.2) is 0 Å². The first kappa shape index (κ1) is 8.26. The van der Waals surface area contributed by atoms with Crippen molar-refractivity contribution < 1.29 is 4.79 Å². The van der Waals surface area contributed by atoms with Crippen LogP contribution in [0.4, 0.5) is 0 Å². The molecule has 68 valence electrons. The van der Waals surface area contributed by atoms with Gasteiger partial charge in [0.15, 0.2) is 0 Å². The van der Waals surface area contributed by atoms with Crippen molar-refractivity contribution in [3.8, 4) is 0 Å². The van der Waals surface area contributed by atoms with Gasteiger partial charge in [0, 0.05) is 24.6 Å². The summed E-state index contributed by atoms with van der Waals surface area (Å²) < 4.78 is 0. The van der Waals surface area contributed by atoms with Gasteiger partial charge in [0.2, 0.25) is 5.91 Å². The van der Waals surface area contributed by atoms with Crippen LogP contribution in [-0.4, -0.2) is 19.0 Å². The molecule has 3 N–H and O–H groups in total. The molecule has 2 rings (SSSR count). The zero-order valence-corrected chi connectivity index (χ0v) is 7.29. The number of carbonyl (C=O) groups excluding carboxylic acids is 1. The molecule has 1 heterocycles. The van der Waals surface area contributed by atoms with Crippen molar-refractivity contribution in [1.29, 1.82) is 0 Å². The summed E-state index contributed by atoms with van der Waals surface area (Å²) in [4.78, 5) is 11.1. The fraction of sp³-hybridized carbons (Fsp3) is 0.300. The molecular weight excluding hydrogens is 164 g/mol. The number of carbonyl (C=O) groups is 1. The second-order valence-electron chi connectivity index (χ2n) is 3.31. The lowest BCUT2D eigenvalue weighted by Crippen LogP contribution is -2.40. The second-order valence-corrected chi connectivity index (χ2v) is 3.31. The van der Waals surface area contributed by atoms with Crippen LogP contribution in [-0.2, 0) is 0 Å². The minimum absolute atomic E-state index is 0.331. The summed E-state index contributed by atoms with van der Waals surface area (Å²) in [5.74, 6) is 0.131. The molecule has 1 aromatic rings. The van der Waals surface area contributed by atoms with Crippen LogP contribution in [0.3, 0.4) is 0 Å². The second kappa shape index (κ2) is 3.18. The summed E-state index contributed by atoms with van der Waals surface area (Å²) in [6.45, 7) is 1.90. The molecule has 1 aromatic carbocycles. The number of amides is 1. The van der Waals surface area contributed by atoms with E-state index in [2.05, 4.69) is 5.32 Å². The molecule has 1 aliphatic rings. The Balaban J connectivity index is 2.36. The maximum absolute atomic E-state index is 11.1. The van der Waals surface area contributed by atoms with Crippen LogP contribution in [0.5, 0.6) is 0 Å². The van der Waals surface area contributed by atoms with Crippen LogP contribution < -0.4 is 11.1 Å². The molecule has 1 aliphatic heterocycles. The lowest BCUT2D eigenvalue weighted by Gasteiger charge is -2.28. The zero-order chi connectivity index (χ0) is 9.26. The summed E-state index contributed by atoms with van der Waals surface area (Å²) in [6, 6.07) is 7.55. The van der Waals surface area contributed by atoms with Gasteiger partial charge in [0.05, 0.1) is 0 Å². The first-order chi connectivity index (χ1) is 6.29. The van der Waals surface area contributed by atoms with Gasteiger partial charge in [-0.15, -0.1) is 0 Å². The maximum Gasteiger partial charge on any atom is 0.248 e. The summed E-state index contributed by atoms with van der Waals surface area (Å²) >= 11 is 0. The van der Waals surface area contributed by atoms with Gasteiger partial charge in [-0.3, -0.25) is 4.79 Å². The van der Waals surface area contributed by atoms with Crippen molar-refractivity contribution in [2.24, 2.45) is 5.73 Å². The highest BCUT2D eigenvalue weighted by Crippen LogP contribution is 2.22. The smallest absolute Gasteiger partial charge is 0.248 e. The molecule has 1 amide bonds. The lowest BCUT2D eigenvalue weighted by molar-refractivity contribution is 0.0998. The molecule has 1 fully saturated rings. The summed E-state index contributed by atoms with van der Waals surface area (Å²) in [6.07, 6.45) is 0. The molecule has 0 aliphatic carbocycles. The van der Waals surface area contributed by atoms with Crippen LogP contribution >= 0.6 is 0 Å². The maximum atomic E-state index is 11.1. The SMILES string of the molecule is NC(=O)c1ccccc1C1CNC1. The van der Waals surface area contributed by atoms with E-state index in [0.717, 1.165) is 18.7 Å². The number of hydrogen-bond acceptors (Lipinski definition) is 2. The van der Waals surface area contributed by atoms with Crippen molar-refractivity contribution in [3.05, 3.63) is 35.4 Å². The lowest BCUT2D eigenvalue weighted by atomic mass is 9.89. The Hall–Kier alpha value is -1.35. The van der Waals surface area contributed by atoms with Crippen molar-refractivity contribution in [2.75, 3.05) is 13.1 Å². The Labute approximate surface area is 76.9 Å². The van der Waals surface area contributed by atoms with E-state index in [1.165, 1.54) is 0 Å². The predicted octanol–water partition coefficient (Wildman–Crippen LogP) is 0.472. The molecule has 0 aromatic heterocycles. The van der Waals surface area contributed by atoms with Gasteiger partial charge in [-0.1, -0.05) is 18.2 Å². The van der Waals surface area contributed by atoms with E-state index in [4.69, 9.17) is 5.73 Å². The highest BCUT2D eigenvalue weighted by Gasteiger charge is 2.22. The number of rotatable bonds is 2. The van der Waals surface area contributed by atoms with Gasteiger partial charge in [0.1, 0.15) is 0 Å². The number of primary amides is 1. The van der Waals surface area contributed by atoms with Crippen LogP contribution in [0.2, 0.25) is 0 Å². The van der Waals surface area contributed by atoms with Crippen molar-refractivity contribution in [2.45, 2.75) is 5.92 Å². The molecule has 1 saturated heterocycles. The predicted molar refractivity (Wildman–Crippen MR) is 50.6 cm³/mol. The minimum atomic E-state index is -0.331. The van der Waals surface area contributed by atoms with E-state index in [-0.39, 0.29) is 5.91 Å². The van der Waals surface area contributed by atoms with Crippen LogP contribution in [0.25, 0.3) is 0 Å². The molecule has 13 heavy (non-hydrogen) atoms. The van der Waals surface area contributed by atoms with Crippen molar-refractivity contribution in [1.82, 2.24) is 5.32 Å². The summed E-state index contributed by atoms with van der Waals surface area (Å²) in [7, 11) is 0. The standard InChI is InChI=1S/C10H12N2O/c11-10(13)9-4-2-1-3-8(9)7-5-12-6-7/h1-4,7,12H,5-6H2,(H2,11,13). The number of nitrogens with one attached hydrogen (secondary N) is 1. The third kappa shape index (κ3) is 1.42. The highest BCUT2D eigenvalue weighted by atomic mass is 16.1. The van der Waals surface area contributed by atoms with E-state index in [1.807, 2.05) is 18.2 Å². The van der Waals surface area contributed by atoms with Crippen molar-refractivity contribution >= 4 is 5.91 Å². The Morgan fingerprint density at radius 2 is 2.08 bits per heavy atom. The van der Waals surface area contributed by atoms with E-state index >= 15 is 0 Å². The molecule has 0 atom stereocenters. The third-order valence-electron chi connectivity index (χ3n) is 2.45. The normalized spacial score (nSPS) is 16.6. The first-order valence-corrected chi connectivity index (χ1v) is 4.38. The van der Waals surface area contributed by atoms with Gasteiger partial charge in [-0.05, 0) is 11.6 Å². The molecule has 0 saturated carbocycles. The Morgan fingerprint density at radius 1 is 1.38 bits per heavy atom. The highest BCUT2D eigenvalue weighted by molar-refractivity contribution is 5.94. The molecule has 3 heteroatoms. The van der Waals surface area contributed by atoms with E-state index < -0.39 is 0 Å². The number of benzene rings is 1. The average molecular weight is 176 g/mol. The Morgan fingerprint density at radius 3 is 2.62 bits per heavy atom. The van der Waals surface area contributed by atoms with Gasteiger partial charge >= 0.3 is 0 Å². The quantitative estimate of drug-likeness (QED) is 0.688. The van der Waals surface area contributed by atoms with E-state index in [0.29, 0.717) is 11.5 Å². The Kier molecular flexibility index (Phi) is 2.02. The van der Waals surface area contributed by atoms with Gasteiger partial charge in [0.25, 0.3) is 0 Å². The summed E-state index contributed by atoms with van der Waals surface area (Å²) in [5.41, 5.74) is 7.01. The summed E-state index contributed by atoms with van der Waals surface area (Å²) in [5, 5.41) is 3.17. The fourth-order valence-electron chi connectivity index (χ4n) is 1.59. The monoisotopic (exact) mass is 176 g/mol. The first-order valence-electron chi connectivity index (χ1n) is 4.38. The topological polar surface area (TPSA) is 55.1 Å². The van der Waals surface area contributed by atoms with E-state index in [9.17, 15) is 4.79 Å². The molecular formula is C10H12N2O. The third-order valence-corrected chi connectivity index (χ3v) is 2.45. The van der Waals surface area contributed by atoms with E-state index in [1.54, 1.807) is 6.07 Å². The molecule has 0 spiro atoms. The zero-order valence-electron chi connectivity index (χ0n) is 7.29. The van der Waals surface area contributed by atoms with Crippen LogP contribution in [0, 0.1) is 0 Å². The fourth-order valence-corrected chi connectivity index (χ4v) is 1.59. The van der Waals surface area contributed by atoms with Crippen molar-refractivity contribution in [3.63, 3.8) is 0 Å². The number of hydrogen-bond donors (Lipinski definition) is 2. The average Bonchev–Trinajstić information content (AvgIpc) is 2.02. The number of nitrogens with two attached hydrogens (primary N) is 1. The minimum Gasteiger partial charge on any atom is -0.366 e. The molecule has 3 nitrogen and oxygen atoms in total. The van der Waals surface area contributed by atoms with Gasteiger partial charge < -0.3 is 11.1 Å². The molecule has 0 radical (unpaired) electrons. The molecule has 0 unspecified atom stereocenters. The Bertz CT molecular complexity index is 331. The molecule has 0 bridgehead atoms.